The van der Waals surface area contributed by atoms with Gasteiger partial charge < -0.3 is 14.8 Å². The van der Waals surface area contributed by atoms with Crippen LogP contribution in [0, 0.1) is 13.8 Å². The number of methoxy groups -OCH3 is 1. The van der Waals surface area contributed by atoms with E-state index < -0.39 is 15.9 Å². The van der Waals surface area contributed by atoms with E-state index in [0.717, 1.165) is 22.4 Å². The van der Waals surface area contributed by atoms with Gasteiger partial charge in [-0.2, -0.15) is 0 Å². The Bertz CT molecular complexity index is 1520. The van der Waals surface area contributed by atoms with Crippen molar-refractivity contribution in [1.29, 1.82) is 0 Å². The van der Waals surface area contributed by atoms with Gasteiger partial charge in [-0.1, -0.05) is 60.2 Å². The Balaban J connectivity index is 1.59. The fourth-order valence-corrected chi connectivity index (χ4v) is 5.66. The van der Waals surface area contributed by atoms with Gasteiger partial charge >= 0.3 is 0 Å². The van der Waals surface area contributed by atoms with Crippen molar-refractivity contribution in [2.45, 2.75) is 25.3 Å². The van der Waals surface area contributed by atoms with Crippen molar-refractivity contribution in [3.05, 3.63) is 119 Å². The second-order valence-corrected chi connectivity index (χ2v) is 10.9. The van der Waals surface area contributed by atoms with Gasteiger partial charge in [-0.05, 0) is 67.4 Å². The summed E-state index contributed by atoms with van der Waals surface area (Å²) in [5.41, 5.74) is 3.48. The Labute approximate surface area is 230 Å². The van der Waals surface area contributed by atoms with E-state index in [9.17, 15) is 13.2 Å². The molecular weight excluding hydrogens is 512 g/mol. The highest BCUT2D eigenvalue weighted by Crippen LogP contribution is 2.30. The van der Waals surface area contributed by atoms with E-state index in [0.29, 0.717) is 5.75 Å². The summed E-state index contributed by atoms with van der Waals surface area (Å²) >= 11 is 0. The zero-order valence-electron chi connectivity index (χ0n) is 22.3. The van der Waals surface area contributed by atoms with E-state index in [1.807, 2.05) is 62.4 Å². The van der Waals surface area contributed by atoms with E-state index in [-0.39, 0.29) is 35.8 Å². The SMILES string of the molecule is COc1ccc(S(=O)(=O)N(Cc2ccccc2)c2ccccc2C(=O)NCCOc2ccc(C)cc2C)cc1. The fraction of sp³-hybridized carbons (Fsp3) is 0.194. The van der Waals surface area contributed by atoms with Gasteiger partial charge in [-0.15, -0.1) is 0 Å². The van der Waals surface area contributed by atoms with Crippen LogP contribution in [0.5, 0.6) is 11.5 Å². The van der Waals surface area contributed by atoms with Crippen molar-refractivity contribution in [2.24, 2.45) is 0 Å². The molecule has 202 valence electrons. The molecule has 0 aliphatic heterocycles. The minimum Gasteiger partial charge on any atom is -0.497 e. The molecule has 4 aromatic carbocycles. The number of carbonyl (C=O) groups is 1. The zero-order valence-corrected chi connectivity index (χ0v) is 23.1. The highest BCUT2D eigenvalue weighted by molar-refractivity contribution is 7.92. The number of nitrogens with one attached hydrogen (secondary N) is 1. The first-order chi connectivity index (χ1) is 18.8. The minimum absolute atomic E-state index is 0.0509. The molecule has 4 aromatic rings. The van der Waals surface area contributed by atoms with Crippen molar-refractivity contribution in [3.63, 3.8) is 0 Å². The number of anilines is 1. The molecule has 0 radical (unpaired) electrons. The van der Waals surface area contributed by atoms with Crippen LogP contribution in [0.2, 0.25) is 0 Å². The number of carbonyl (C=O) groups excluding carboxylic acids is 1. The van der Waals surface area contributed by atoms with Crippen LogP contribution in [-0.4, -0.2) is 34.6 Å². The van der Waals surface area contributed by atoms with Crippen molar-refractivity contribution < 1.29 is 22.7 Å². The lowest BCUT2D eigenvalue weighted by Gasteiger charge is -2.26. The number of ether oxygens (including phenoxy) is 2. The van der Waals surface area contributed by atoms with Crippen molar-refractivity contribution in [3.8, 4) is 11.5 Å². The van der Waals surface area contributed by atoms with Gasteiger partial charge in [0.2, 0.25) is 0 Å². The van der Waals surface area contributed by atoms with Gasteiger partial charge in [0.15, 0.2) is 0 Å². The third-order valence-electron chi connectivity index (χ3n) is 6.21. The predicted molar refractivity (Wildman–Crippen MR) is 153 cm³/mol. The average molecular weight is 545 g/mol. The van der Waals surface area contributed by atoms with Crippen LogP contribution >= 0.6 is 0 Å². The molecule has 1 N–H and O–H groups in total. The number of aryl methyl sites for hydroxylation is 2. The third-order valence-corrected chi connectivity index (χ3v) is 7.98. The highest BCUT2D eigenvalue weighted by atomic mass is 32.2. The smallest absolute Gasteiger partial charge is 0.264 e. The van der Waals surface area contributed by atoms with Crippen LogP contribution in [0.15, 0.2) is 102 Å². The molecule has 4 rings (SSSR count). The number of rotatable bonds is 11. The second-order valence-electron chi connectivity index (χ2n) is 9.06. The van der Waals surface area contributed by atoms with E-state index in [4.69, 9.17) is 9.47 Å². The fourth-order valence-electron chi connectivity index (χ4n) is 4.19. The van der Waals surface area contributed by atoms with Gasteiger partial charge in [0.25, 0.3) is 15.9 Å². The van der Waals surface area contributed by atoms with E-state index >= 15 is 0 Å². The number of hydrogen-bond acceptors (Lipinski definition) is 5. The second kappa shape index (κ2) is 12.5. The first-order valence-corrected chi connectivity index (χ1v) is 14.0. The Morgan fingerprint density at radius 1 is 0.872 bits per heavy atom. The molecule has 0 bridgehead atoms. The molecule has 0 heterocycles. The number of nitrogens with zero attached hydrogens (tertiary/aromatic N) is 1. The Morgan fingerprint density at radius 3 is 2.26 bits per heavy atom. The van der Waals surface area contributed by atoms with Gasteiger partial charge in [0.1, 0.15) is 18.1 Å². The Hall–Kier alpha value is -4.30. The standard InChI is InChI=1S/C31H32N2O5S/c1-23-13-18-30(24(2)21-23)38-20-19-32-31(34)28-11-7-8-12-29(28)33(22-25-9-5-4-6-10-25)39(35,36)27-16-14-26(37-3)15-17-27/h4-18,21H,19-20,22H2,1-3H3,(H,32,34). The maximum absolute atomic E-state index is 13.9. The molecule has 7 nitrogen and oxygen atoms in total. The lowest BCUT2D eigenvalue weighted by molar-refractivity contribution is 0.0947. The third kappa shape index (κ3) is 6.78. The van der Waals surface area contributed by atoms with Gasteiger partial charge in [-0.3, -0.25) is 9.10 Å². The van der Waals surface area contributed by atoms with Crippen LogP contribution in [0.1, 0.15) is 27.0 Å². The monoisotopic (exact) mass is 544 g/mol. The van der Waals surface area contributed by atoms with Crippen LogP contribution in [0.3, 0.4) is 0 Å². The van der Waals surface area contributed by atoms with Crippen molar-refractivity contribution in [2.75, 3.05) is 24.6 Å². The lowest BCUT2D eigenvalue weighted by atomic mass is 10.1. The molecular formula is C31H32N2O5S. The number of hydrogen-bond donors (Lipinski definition) is 1. The van der Waals surface area contributed by atoms with Crippen LogP contribution in [-0.2, 0) is 16.6 Å². The number of amides is 1. The number of benzene rings is 4. The molecule has 0 aliphatic rings. The molecule has 0 fully saturated rings. The summed E-state index contributed by atoms with van der Waals surface area (Å²) in [5.74, 6) is 0.916. The molecule has 0 saturated heterocycles. The first kappa shape index (κ1) is 27.7. The average Bonchev–Trinajstić information content (AvgIpc) is 2.95. The highest BCUT2D eigenvalue weighted by Gasteiger charge is 2.28. The van der Waals surface area contributed by atoms with E-state index in [1.54, 1.807) is 36.4 Å². The predicted octanol–water partition coefficient (Wildman–Crippen LogP) is 5.52. The normalized spacial score (nSPS) is 11.1. The largest absolute Gasteiger partial charge is 0.497 e. The summed E-state index contributed by atoms with van der Waals surface area (Å²) in [6, 6.07) is 28.1. The van der Waals surface area contributed by atoms with Gasteiger partial charge in [-0.25, -0.2) is 8.42 Å². The molecule has 0 atom stereocenters. The molecule has 0 spiro atoms. The van der Waals surface area contributed by atoms with Crippen LogP contribution < -0.4 is 19.1 Å². The maximum atomic E-state index is 13.9. The van der Waals surface area contributed by atoms with E-state index in [1.165, 1.54) is 23.5 Å². The number of sulfonamides is 1. The van der Waals surface area contributed by atoms with Crippen molar-refractivity contribution in [1.82, 2.24) is 5.32 Å². The summed E-state index contributed by atoms with van der Waals surface area (Å²) in [4.78, 5) is 13.4. The van der Waals surface area contributed by atoms with Gasteiger partial charge in [0, 0.05) is 0 Å². The summed E-state index contributed by atoms with van der Waals surface area (Å²) in [6.45, 7) is 4.57. The maximum Gasteiger partial charge on any atom is 0.264 e. The van der Waals surface area contributed by atoms with Crippen molar-refractivity contribution >= 4 is 21.6 Å². The summed E-state index contributed by atoms with van der Waals surface area (Å²) < 4.78 is 40.1. The van der Waals surface area contributed by atoms with Gasteiger partial charge in [0.05, 0.1) is 36.3 Å². The lowest BCUT2D eigenvalue weighted by Crippen LogP contribution is -2.34. The molecule has 0 aromatic heterocycles. The number of para-hydroxylation sites is 1. The zero-order chi connectivity index (χ0) is 27.8. The molecule has 0 unspecified atom stereocenters. The molecule has 39 heavy (non-hydrogen) atoms. The quantitative estimate of drug-likeness (QED) is 0.252. The molecule has 0 saturated carbocycles. The Kier molecular flexibility index (Phi) is 8.88. The topological polar surface area (TPSA) is 84.9 Å². The summed E-state index contributed by atoms with van der Waals surface area (Å²) in [5, 5.41) is 2.86. The summed E-state index contributed by atoms with van der Waals surface area (Å²) in [7, 11) is -2.51. The minimum atomic E-state index is -4.03. The van der Waals surface area contributed by atoms with Crippen LogP contribution in [0.4, 0.5) is 5.69 Å². The first-order valence-electron chi connectivity index (χ1n) is 12.6. The molecule has 0 aliphatic carbocycles. The van der Waals surface area contributed by atoms with Crippen LogP contribution in [0.25, 0.3) is 0 Å². The molecule has 1 amide bonds. The van der Waals surface area contributed by atoms with E-state index in [2.05, 4.69) is 5.32 Å². The molecule has 8 heteroatoms. The Morgan fingerprint density at radius 2 is 1.56 bits per heavy atom. The summed E-state index contributed by atoms with van der Waals surface area (Å²) in [6.07, 6.45) is 0.